The van der Waals surface area contributed by atoms with Gasteiger partial charge in [0.2, 0.25) is 0 Å². The van der Waals surface area contributed by atoms with Gasteiger partial charge in [0, 0.05) is 0 Å². The molecule has 0 aromatic carbocycles. The number of rotatable bonds is 0. The van der Waals surface area contributed by atoms with Gasteiger partial charge in [-0.3, -0.25) is 0 Å². The lowest BCUT2D eigenvalue weighted by molar-refractivity contribution is 1.90. The Labute approximate surface area is 47.4 Å². The van der Waals surface area contributed by atoms with Gasteiger partial charge in [0.15, 0.2) is 0 Å². The van der Waals surface area contributed by atoms with E-state index in [9.17, 15) is 0 Å². The molecule has 33 valence electrons. The van der Waals surface area contributed by atoms with E-state index in [4.69, 9.17) is 23.2 Å². The lowest BCUT2D eigenvalue weighted by Gasteiger charge is -1.61. The summed E-state index contributed by atoms with van der Waals surface area (Å²) in [6.45, 7) is 0. The molecule has 0 unspecified atom stereocenters. The van der Waals surface area contributed by atoms with E-state index in [1.165, 1.54) is 5.88 Å². The van der Waals surface area contributed by atoms with E-state index in [0.29, 0.717) is 5.88 Å². The first-order chi connectivity index (χ1) is 2.91. The zero-order chi connectivity index (χ0) is 4.83. The molecule has 0 aliphatic carbocycles. The Balaban J connectivity index is 2.90. The summed E-state index contributed by atoms with van der Waals surface area (Å²) in [5.41, 5.74) is 0. The first-order valence-corrected chi connectivity index (χ1v) is 2.35. The molecule has 0 rings (SSSR count). The lowest BCUT2D eigenvalue weighted by atomic mass is 10.7. The Morgan fingerprint density at radius 3 is 2.50 bits per heavy atom. The molecule has 0 saturated heterocycles. The summed E-state index contributed by atoms with van der Waals surface area (Å²) in [6.07, 6.45) is 0. The molecule has 0 aliphatic heterocycles. The zero-order valence-corrected chi connectivity index (χ0v) is 4.55. The van der Waals surface area contributed by atoms with Gasteiger partial charge < -0.3 is 0 Å². The molecule has 0 fully saturated rings. The van der Waals surface area contributed by atoms with Gasteiger partial charge >= 0.3 is 0 Å². The summed E-state index contributed by atoms with van der Waals surface area (Å²) in [5.74, 6) is 6.57. The molecule has 0 aromatic heterocycles. The normalized spacial score (nSPS) is 6.33. The third kappa shape index (κ3) is 4.14. The van der Waals surface area contributed by atoms with Gasteiger partial charge in [-0.1, -0.05) is 11.8 Å². The summed E-state index contributed by atoms with van der Waals surface area (Å²) in [5, 5.41) is 0. The van der Waals surface area contributed by atoms with Crippen molar-refractivity contribution in [1.29, 1.82) is 0 Å². The molecule has 0 amide bonds. The maximum atomic E-state index is 5.13. The van der Waals surface area contributed by atoms with Crippen LogP contribution in [0.3, 0.4) is 0 Å². The minimum Gasteiger partial charge on any atom is -0.113 e. The lowest BCUT2D eigenvalue weighted by Crippen LogP contribution is -1.56. The van der Waals surface area contributed by atoms with Crippen LogP contribution in [0.25, 0.3) is 0 Å². The van der Waals surface area contributed by atoms with E-state index in [0.717, 1.165) is 0 Å². The highest BCUT2D eigenvalue weighted by molar-refractivity contribution is 6.25. The molecule has 0 bridgehead atoms. The molecular weight excluding hydrogens is 119 g/mol. The molecular formula is C4H3Cl2. The number of alkyl halides is 1. The van der Waals surface area contributed by atoms with Crippen LogP contribution >= 0.6 is 23.2 Å². The van der Waals surface area contributed by atoms with E-state index >= 15 is 0 Å². The Hall–Kier alpha value is 0.140. The highest BCUT2D eigenvalue weighted by Crippen LogP contribution is 1.76. The Morgan fingerprint density at radius 1 is 1.67 bits per heavy atom. The maximum Gasteiger partial charge on any atom is 0.122 e. The number of hydrogen-bond acceptors (Lipinski definition) is 0. The van der Waals surface area contributed by atoms with Gasteiger partial charge in [-0.05, 0) is 0 Å². The first-order valence-electron chi connectivity index (χ1n) is 1.38. The van der Waals surface area contributed by atoms with E-state index in [1.807, 2.05) is 0 Å². The van der Waals surface area contributed by atoms with E-state index in [2.05, 4.69) is 11.8 Å². The van der Waals surface area contributed by atoms with Crippen molar-refractivity contribution in [1.82, 2.24) is 0 Å². The van der Waals surface area contributed by atoms with Crippen LogP contribution in [-0.2, 0) is 0 Å². The van der Waals surface area contributed by atoms with Crippen molar-refractivity contribution in [3.05, 3.63) is 5.88 Å². The third-order valence-electron chi connectivity index (χ3n) is 0.223. The van der Waals surface area contributed by atoms with E-state index in [-0.39, 0.29) is 0 Å². The highest BCUT2D eigenvalue weighted by atomic mass is 35.5. The molecule has 0 atom stereocenters. The molecule has 0 N–H and O–H groups in total. The van der Waals surface area contributed by atoms with Crippen molar-refractivity contribution in [2.24, 2.45) is 0 Å². The standard InChI is InChI=1S/C4H3Cl2/c5-3-1-2-4-6/h3H,4H2. The molecule has 0 nitrogen and oxygen atoms in total. The van der Waals surface area contributed by atoms with Crippen LogP contribution < -0.4 is 0 Å². The van der Waals surface area contributed by atoms with Crippen LogP contribution in [0.4, 0.5) is 0 Å². The molecule has 6 heavy (non-hydrogen) atoms. The van der Waals surface area contributed by atoms with Gasteiger partial charge in [-0.15, -0.1) is 23.2 Å². The Kier molecular flexibility index (Phi) is 5.26. The molecule has 0 spiro atoms. The zero-order valence-electron chi connectivity index (χ0n) is 3.04. The van der Waals surface area contributed by atoms with Gasteiger partial charge in [0.1, 0.15) is 5.88 Å². The second-order valence-electron chi connectivity index (χ2n) is 0.564. The summed E-state index contributed by atoms with van der Waals surface area (Å²) < 4.78 is 0. The predicted molar refractivity (Wildman–Crippen MR) is 28.6 cm³/mol. The van der Waals surface area contributed by atoms with Crippen LogP contribution in [0.5, 0.6) is 0 Å². The fraction of sp³-hybridized carbons (Fsp3) is 0.250. The van der Waals surface area contributed by atoms with Gasteiger partial charge in [-0.25, -0.2) is 0 Å². The number of halogens is 2. The average molecular weight is 122 g/mol. The SMILES string of the molecule is Cl[CH]C#CCCl. The molecule has 0 saturated carbocycles. The summed E-state index contributed by atoms with van der Waals surface area (Å²) in [6, 6.07) is 0. The van der Waals surface area contributed by atoms with Crippen LogP contribution in [0.1, 0.15) is 0 Å². The monoisotopic (exact) mass is 121 g/mol. The first kappa shape index (κ1) is 6.14. The molecule has 2 heteroatoms. The Morgan fingerprint density at radius 2 is 2.33 bits per heavy atom. The van der Waals surface area contributed by atoms with Crippen molar-refractivity contribution in [3.8, 4) is 11.8 Å². The maximum absolute atomic E-state index is 5.13. The van der Waals surface area contributed by atoms with Crippen LogP contribution in [0.2, 0.25) is 0 Å². The van der Waals surface area contributed by atoms with Crippen molar-refractivity contribution < 1.29 is 0 Å². The summed E-state index contributed by atoms with van der Waals surface area (Å²) >= 11 is 10.2. The second kappa shape index (κ2) is 5.14. The van der Waals surface area contributed by atoms with Crippen LogP contribution in [0, 0.1) is 17.7 Å². The molecule has 0 aliphatic rings. The second-order valence-corrected chi connectivity index (χ2v) is 1.05. The molecule has 1 radical (unpaired) electrons. The van der Waals surface area contributed by atoms with Gasteiger partial charge in [0.25, 0.3) is 0 Å². The summed E-state index contributed by atoms with van der Waals surface area (Å²) in [4.78, 5) is 0. The third-order valence-corrected chi connectivity index (χ3v) is 0.466. The predicted octanol–water partition coefficient (Wildman–Crippen LogP) is 1.63. The minimum absolute atomic E-state index is 0.350. The van der Waals surface area contributed by atoms with E-state index < -0.39 is 0 Å². The van der Waals surface area contributed by atoms with Crippen LogP contribution in [-0.4, -0.2) is 5.88 Å². The van der Waals surface area contributed by atoms with Gasteiger partial charge in [-0.2, -0.15) is 0 Å². The van der Waals surface area contributed by atoms with Crippen molar-refractivity contribution in [3.63, 3.8) is 0 Å². The summed E-state index contributed by atoms with van der Waals surface area (Å²) in [7, 11) is 0. The van der Waals surface area contributed by atoms with Crippen molar-refractivity contribution in [2.75, 3.05) is 5.88 Å². The Bertz CT molecular complexity index is 59.4. The minimum atomic E-state index is 0.350. The quantitative estimate of drug-likeness (QED) is 0.338. The highest BCUT2D eigenvalue weighted by Gasteiger charge is 1.60. The fourth-order valence-electron chi connectivity index (χ4n) is 0.0772. The largest absolute Gasteiger partial charge is 0.122 e. The van der Waals surface area contributed by atoms with Crippen molar-refractivity contribution >= 4 is 23.2 Å². The van der Waals surface area contributed by atoms with Crippen LogP contribution in [0.15, 0.2) is 0 Å². The smallest absolute Gasteiger partial charge is 0.113 e. The topological polar surface area (TPSA) is 0 Å². The molecule has 0 heterocycles. The number of hydrogen-bond donors (Lipinski definition) is 0. The van der Waals surface area contributed by atoms with E-state index in [1.54, 1.807) is 0 Å². The molecule has 0 aromatic rings. The van der Waals surface area contributed by atoms with Crippen molar-refractivity contribution in [2.45, 2.75) is 0 Å². The average Bonchev–Trinajstić information content (AvgIpc) is 1.61. The van der Waals surface area contributed by atoms with Gasteiger partial charge in [0.05, 0.1) is 5.88 Å². The fourth-order valence-corrected chi connectivity index (χ4v) is 0.231.